The van der Waals surface area contributed by atoms with Gasteiger partial charge < -0.3 is 20.1 Å². The minimum atomic E-state index is -1.24. The second-order valence-corrected chi connectivity index (χ2v) is 12.3. The fourth-order valence-corrected chi connectivity index (χ4v) is 4.68. The minimum absolute atomic E-state index is 0.0409. The van der Waals surface area contributed by atoms with Crippen LogP contribution in [0.25, 0.3) is 5.65 Å². The van der Waals surface area contributed by atoms with Crippen LogP contribution in [0.2, 0.25) is 0 Å². The Morgan fingerprint density at radius 3 is 2.63 bits per heavy atom. The third-order valence-corrected chi connectivity index (χ3v) is 7.57. The van der Waals surface area contributed by atoms with Crippen molar-refractivity contribution in [3.05, 3.63) is 41.6 Å². The summed E-state index contributed by atoms with van der Waals surface area (Å²) in [6.45, 7) is 13.9. The summed E-state index contributed by atoms with van der Waals surface area (Å²) in [6.07, 6.45) is 3.93. The number of aromatic nitrogens is 4. The SMILES string of the molecule is CC(C)c1cnn2c(NC(C)c3ccccc3NS(=O)C(C)(C)C)nc(OC3CCCNC3)nc12. The molecule has 9 nitrogen and oxygen atoms in total. The number of piperidine rings is 1. The second-order valence-electron chi connectivity index (χ2n) is 10.3. The topological polar surface area (TPSA) is 105 Å². The molecule has 0 amide bonds. The minimum Gasteiger partial charge on any atom is -0.459 e. The Bertz CT molecular complexity index is 1180. The van der Waals surface area contributed by atoms with Crippen LogP contribution in [0.3, 0.4) is 0 Å². The Morgan fingerprint density at radius 2 is 1.94 bits per heavy atom. The maximum atomic E-state index is 12.8. The number of nitrogens with zero attached hydrogens (tertiary/aromatic N) is 4. The lowest BCUT2D eigenvalue weighted by Gasteiger charge is -2.24. The van der Waals surface area contributed by atoms with Gasteiger partial charge in [-0.3, -0.25) is 0 Å². The predicted molar refractivity (Wildman–Crippen MR) is 141 cm³/mol. The molecule has 10 heteroatoms. The summed E-state index contributed by atoms with van der Waals surface area (Å²) in [5.74, 6) is 0.814. The average Bonchev–Trinajstić information content (AvgIpc) is 3.24. The maximum Gasteiger partial charge on any atom is 0.322 e. The molecule has 35 heavy (non-hydrogen) atoms. The molecule has 0 radical (unpaired) electrons. The normalized spacial score (nSPS) is 18.4. The van der Waals surface area contributed by atoms with Gasteiger partial charge in [0, 0.05) is 12.1 Å². The first-order valence-corrected chi connectivity index (χ1v) is 13.5. The molecule has 3 heterocycles. The summed E-state index contributed by atoms with van der Waals surface area (Å²) in [6, 6.07) is 8.08. The van der Waals surface area contributed by atoms with Crippen molar-refractivity contribution in [2.45, 2.75) is 77.2 Å². The van der Waals surface area contributed by atoms with Crippen LogP contribution < -0.4 is 20.1 Å². The lowest BCUT2D eigenvalue weighted by Crippen LogP contribution is -2.37. The van der Waals surface area contributed by atoms with E-state index in [1.165, 1.54) is 0 Å². The van der Waals surface area contributed by atoms with E-state index in [9.17, 15) is 4.21 Å². The molecule has 1 aliphatic heterocycles. The van der Waals surface area contributed by atoms with E-state index < -0.39 is 11.0 Å². The molecule has 0 saturated carbocycles. The van der Waals surface area contributed by atoms with Crippen LogP contribution in [0.15, 0.2) is 30.5 Å². The van der Waals surface area contributed by atoms with Crippen LogP contribution in [0.1, 0.15) is 77.5 Å². The van der Waals surface area contributed by atoms with E-state index in [0.29, 0.717) is 12.0 Å². The van der Waals surface area contributed by atoms with Crippen LogP contribution in [0.5, 0.6) is 6.01 Å². The molecule has 3 aromatic rings. The highest BCUT2D eigenvalue weighted by molar-refractivity contribution is 7.87. The van der Waals surface area contributed by atoms with E-state index in [2.05, 4.69) is 34.3 Å². The number of ether oxygens (including phenoxy) is 1. The molecule has 2 aromatic heterocycles. The molecule has 3 unspecified atom stereocenters. The average molecular weight is 500 g/mol. The largest absolute Gasteiger partial charge is 0.459 e. The van der Waals surface area contributed by atoms with Gasteiger partial charge in [-0.05, 0) is 64.6 Å². The summed E-state index contributed by atoms with van der Waals surface area (Å²) in [5, 5.41) is 11.4. The van der Waals surface area contributed by atoms with Crippen molar-refractivity contribution in [2.75, 3.05) is 23.1 Å². The van der Waals surface area contributed by atoms with E-state index in [-0.39, 0.29) is 22.8 Å². The lowest BCUT2D eigenvalue weighted by molar-refractivity contribution is 0.153. The van der Waals surface area contributed by atoms with Crippen molar-refractivity contribution in [1.82, 2.24) is 24.9 Å². The summed E-state index contributed by atoms with van der Waals surface area (Å²) >= 11 is 0. The van der Waals surface area contributed by atoms with Crippen LogP contribution in [-0.4, -0.2) is 47.7 Å². The second kappa shape index (κ2) is 10.5. The van der Waals surface area contributed by atoms with E-state index in [1.54, 1.807) is 4.52 Å². The standard InChI is InChI=1S/C25H37N7O2S/c1-16(2)20-15-27-32-22(20)29-24(34-18-10-9-13-26-14-18)30-23(32)28-17(3)19-11-7-8-12-21(19)31-35(33)25(4,5)6/h7-8,11-12,15-18,26,31H,9-10,13-14H2,1-6H3,(H,28,29,30). The molecular weight excluding hydrogens is 462 g/mol. The Morgan fingerprint density at radius 1 is 1.17 bits per heavy atom. The molecule has 3 N–H and O–H groups in total. The van der Waals surface area contributed by atoms with E-state index in [1.807, 2.05) is 58.2 Å². The van der Waals surface area contributed by atoms with Crippen LogP contribution in [0, 0.1) is 0 Å². The molecule has 4 rings (SSSR count). The summed E-state index contributed by atoms with van der Waals surface area (Å²) in [4.78, 5) is 9.43. The van der Waals surface area contributed by atoms with Gasteiger partial charge in [-0.25, -0.2) is 4.21 Å². The van der Waals surface area contributed by atoms with E-state index >= 15 is 0 Å². The third kappa shape index (κ3) is 5.92. The fourth-order valence-electron chi connectivity index (χ4n) is 3.99. The first-order valence-electron chi connectivity index (χ1n) is 12.3. The zero-order valence-corrected chi connectivity index (χ0v) is 22.3. The van der Waals surface area contributed by atoms with Gasteiger partial charge in [0.1, 0.15) is 17.1 Å². The molecule has 0 spiro atoms. The van der Waals surface area contributed by atoms with Crippen LogP contribution in [-0.2, 0) is 11.0 Å². The van der Waals surface area contributed by atoms with Gasteiger partial charge >= 0.3 is 6.01 Å². The lowest BCUT2D eigenvalue weighted by atomic mass is 10.1. The van der Waals surface area contributed by atoms with Gasteiger partial charge in [-0.15, -0.1) is 0 Å². The molecule has 1 aromatic carbocycles. The van der Waals surface area contributed by atoms with Crippen molar-refractivity contribution in [3.8, 4) is 6.01 Å². The number of benzene rings is 1. The number of anilines is 2. The zero-order chi connectivity index (χ0) is 25.2. The number of nitrogens with one attached hydrogen (secondary N) is 3. The Kier molecular flexibility index (Phi) is 7.61. The Balaban J connectivity index is 1.66. The van der Waals surface area contributed by atoms with E-state index in [4.69, 9.17) is 14.7 Å². The molecule has 1 fully saturated rings. The Hall–Kier alpha value is -2.72. The first-order chi connectivity index (χ1) is 16.6. The van der Waals surface area contributed by atoms with Crippen LogP contribution >= 0.6 is 0 Å². The quantitative estimate of drug-likeness (QED) is 0.421. The number of para-hydroxylation sites is 1. The molecule has 0 aliphatic carbocycles. The van der Waals surface area contributed by atoms with Gasteiger partial charge in [0.05, 0.1) is 22.7 Å². The van der Waals surface area contributed by atoms with Crippen molar-refractivity contribution in [1.29, 1.82) is 0 Å². The highest BCUT2D eigenvalue weighted by Crippen LogP contribution is 2.29. The van der Waals surface area contributed by atoms with Crippen molar-refractivity contribution >= 4 is 28.3 Å². The molecule has 190 valence electrons. The van der Waals surface area contributed by atoms with E-state index in [0.717, 1.165) is 48.4 Å². The fraction of sp³-hybridized carbons (Fsp3) is 0.560. The highest BCUT2D eigenvalue weighted by Gasteiger charge is 2.23. The van der Waals surface area contributed by atoms with Crippen LogP contribution in [0.4, 0.5) is 11.6 Å². The highest BCUT2D eigenvalue weighted by atomic mass is 32.2. The van der Waals surface area contributed by atoms with Gasteiger partial charge in [-0.1, -0.05) is 32.0 Å². The Labute approximate surface area is 210 Å². The van der Waals surface area contributed by atoms with Gasteiger partial charge in [0.25, 0.3) is 0 Å². The summed E-state index contributed by atoms with van der Waals surface area (Å²) in [5.41, 5.74) is 3.58. The molecule has 0 bridgehead atoms. The summed E-state index contributed by atoms with van der Waals surface area (Å²) in [7, 11) is -1.24. The molecule has 3 atom stereocenters. The van der Waals surface area contributed by atoms with Gasteiger partial charge in [0.15, 0.2) is 5.65 Å². The summed E-state index contributed by atoms with van der Waals surface area (Å²) < 4.78 is 23.5. The molecule has 1 aliphatic rings. The predicted octanol–water partition coefficient (Wildman–Crippen LogP) is 4.43. The molecule has 1 saturated heterocycles. The smallest absolute Gasteiger partial charge is 0.322 e. The first kappa shape index (κ1) is 25.4. The number of rotatable bonds is 8. The third-order valence-electron chi connectivity index (χ3n) is 6.05. The maximum absolute atomic E-state index is 12.8. The van der Waals surface area contributed by atoms with Crippen molar-refractivity contribution in [2.24, 2.45) is 0 Å². The monoisotopic (exact) mass is 499 g/mol. The zero-order valence-electron chi connectivity index (χ0n) is 21.5. The molecular formula is C25H37N7O2S. The number of hydrogen-bond acceptors (Lipinski definition) is 7. The van der Waals surface area contributed by atoms with Gasteiger partial charge in [-0.2, -0.15) is 19.6 Å². The van der Waals surface area contributed by atoms with Crippen molar-refractivity contribution in [3.63, 3.8) is 0 Å². The van der Waals surface area contributed by atoms with Gasteiger partial charge in [0.2, 0.25) is 5.95 Å². The number of fused-ring (bicyclic) bond motifs is 1. The van der Waals surface area contributed by atoms with Crippen molar-refractivity contribution < 1.29 is 8.95 Å². The number of hydrogen-bond donors (Lipinski definition) is 3.